The van der Waals surface area contributed by atoms with Crippen LogP contribution in [0.15, 0.2) is 48.2 Å². The maximum Gasteiger partial charge on any atom is 0.144 e. The van der Waals surface area contributed by atoms with Crippen molar-refractivity contribution in [2.24, 2.45) is 0 Å². The van der Waals surface area contributed by atoms with Gasteiger partial charge in [0.15, 0.2) is 0 Å². The molecule has 0 N–H and O–H groups in total. The first-order valence-corrected chi connectivity index (χ1v) is 6.56. The summed E-state index contributed by atoms with van der Waals surface area (Å²) in [5.41, 5.74) is 2.77. The van der Waals surface area contributed by atoms with E-state index in [9.17, 15) is 0 Å². The highest BCUT2D eigenvalue weighted by Gasteiger charge is 2.07. The molecule has 0 radical (unpaired) electrons. The molecule has 3 nitrogen and oxygen atoms in total. The molecule has 0 unspecified atom stereocenters. The summed E-state index contributed by atoms with van der Waals surface area (Å²) in [5.74, 6) is 0. The lowest BCUT2D eigenvalue weighted by atomic mass is 10.2. The molecule has 3 rings (SSSR count). The Bertz CT molecular complexity index is 650. The van der Waals surface area contributed by atoms with Gasteiger partial charge in [0, 0.05) is 28.4 Å². The fourth-order valence-corrected chi connectivity index (χ4v) is 2.47. The molecule has 88 valence electrons. The van der Waals surface area contributed by atoms with Crippen LogP contribution in [-0.4, -0.2) is 15.0 Å². The number of thiazole rings is 1. The number of hydrogen-bond donors (Lipinski definition) is 0. The van der Waals surface area contributed by atoms with Gasteiger partial charge in [-0.15, -0.1) is 11.3 Å². The van der Waals surface area contributed by atoms with Crippen LogP contribution in [0.1, 0.15) is 0 Å². The highest BCUT2D eigenvalue weighted by atomic mass is 35.5. The average Bonchev–Trinajstić information content (AvgIpc) is 2.90. The summed E-state index contributed by atoms with van der Waals surface area (Å²) in [6.07, 6.45) is 5.03. The van der Waals surface area contributed by atoms with Crippen LogP contribution in [0.2, 0.25) is 5.02 Å². The molecule has 0 spiro atoms. The number of nitrogens with zero attached hydrogens (tertiary/aromatic N) is 3. The van der Waals surface area contributed by atoms with E-state index in [1.165, 1.54) is 0 Å². The van der Waals surface area contributed by atoms with E-state index in [2.05, 4.69) is 15.0 Å². The summed E-state index contributed by atoms with van der Waals surface area (Å²) in [6.45, 7) is 0. The highest BCUT2D eigenvalue weighted by molar-refractivity contribution is 7.13. The number of aromatic nitrogens is 3. The molecule has 0 bridgehead atoms. The van der Waals surface area contributed by atoms with Crippen LogP contribution < -0.4 is 0 Å². The van der Waals surface area contributed by atoms with E-state index < -0.39 is 0 Å². The average molecular weight is 274 g/mol. The maximum absolute atomic E-state index is 5.86. The first kappa shape index (κ1) is 11.3. The topological polar surface area (TPSA) is 38.7 Å². The Morgan fingerprint density at radius 1 is 1.00 bits per heavy atom. The lowest BCUT2D eigenvalue weighted by Gasteiger charge is -1.96. The van der Waals surface area contributed by atoms with E-state index in [4.69, 9.17) is 11.6 Å². The van der Waals surface area contributed by atoms with Crippen molar-refractivity contribution in [1.29, 1.82) is 0 Å². The van der Waals surface area contributed by atoms with Gasteiger partial charge >= 0.3 is 0 Å². The molecule has 0 fully saturated rings. The lowest BCUT2D eigenvalue weighted by Crippen LogP contribution is -1.83. The predicted molar refractivity (Wildman–Crippen MR) is 73.6 cm³/mol. The van der Waals surface area contributed by atoms with Crippen LogP contribution in [-0.2, 0) is 0 Å². The Morgan fingerprint density at radius 3 is 2.56 bits per heavy atom. The van der Waals surface area contributed by atoms with Gasteiger partial charge in [-0.3, -0.25) is 9.97 Å². The maximum atomic E-state index is 5.86. The summed E-state index contributed by atoms with van der Waals surface area (Å²) in [5, 5.41) is 3.60. The van der Waals surface area contributed by atoms with Gasteiger partial charge in [-0.25, -0.2) is 4.98 Å². The third-order valence-electron chi connectivity index (χ3n) is 2.43. The van der Waals surface area contributed by atoms with Gasteiger partial charge in [0.2, 0.25) is 0 Å². The van der Waals surface area contributed by atoms with Crippen molar-refractivity contribution in [3.05, 3.63) is 53.3 Å². The van der Waals surface area contributed by atoms with Crippen molar-refractivity contribution >= 4 is 22.9 Å². The minimum absolute atomic E-state index is 0.725. The lowest BCUT2D eigenvalue weighted by molar-refractivity contribution is 1.19. The number of halogens is 1. The number of benzene rings is 1. The SMILES string of the molecule is Clc1ccc(-c2csc(-c3cnccn3)n2)cc1. The van der Waals surface area contributed by atoms with Crippen LogP contribution in [0.25, 0.3) is 22.0 Å². The standard InChI is InChI=1S/C13H8ClN3S/c14-10-3-1-9(2-4-10)12-8-18-13(17-12)11-7-15-5-6-16-11/h1-8H. The molecule has 2 aromatic heterocycles. The van der Waals surface area contributed by atoms with Crippen molar-refractivity contribution in [2.75, 3.05) is 0 Å². The minimum Gasteiger partial charge on any atom is -0.261 e. The van der Waals surface area contributed by atoms with Gasteiger partial charge in [-0.1, -0.05) is 23.7 Å². The highest BCUT2D eigenvalue weighted by Crippen LogP contribution is 2.27. The third kappa shape index (κ3) is 2.25. The third-order valence-corrected chi connectivity index (χ3v) is 3.54. The summed E-state index contributed by atoms with van der Waals surface area (Å²) >= 11 is 7.42. The van der Waals surface area contributed by atoms with Crippen molar-refractivity contribution in [3.63, 3.8) is 0 Å². The summed E-state index contributed by atoms with van der Waals surface area (Å²) in [4.78, 5) is 12.8. The second-order valence-corrected chi connectivity index (χ2v) is 4.93. The molecular weight excluding hydrogens is 266 g/mol. The van der Waals surface area contributed by atoms with E-state index in [0.717, 1.165) is 27.0 Å². The zero-order valence-corrected chi connectivity index (χ0v) is 10.8. The summed E-state index contributed by atoms with van der Waals surface area (Å²) < 4.78 is 0. The van der Waals surface area contributed by atoms with Gasteiger partial charge in [0.25, 0.3) is 0 Å². The molecule has 0 amide bonds. The number of rotatable bonds is 2. The predicted octanol–water partition coefficient (Wildman–Crippen LogP) is 3.92. The quantitative estimate of drug-likeness (QED) is 0.710. The molecule has 2 heterocycles. The van der Waals surface area contributed by atoms with Gasteiger partial charge < -0.3 is 0 Å². The molecular formula is C13H8ClN3S. The first-order chi connectivity index (χ1) is 8.83. The molecule has 0 aliphatic carbocycles. The van der Waals surface area contributed by atoms with Crippen LogP contribution in [0.3, 0.4) is 0 Å². The van der Waals surface area contributed by atoms with Gasteiger partial charge in [0.05, 0.1) is 11.9 Å². The van der Waals surface area contributed by atoms with E-state index in [1.807, 2.05) is 29.6 Å². The Balaban J connectivity index is 1.97. The Morgan fingerprint density at radius 2 is 1.83 bits per heavy atom. The fraction of sp³-hybridized carbons (Fsp3) is 0. The molecule has 3 aromatic rings. The fourth-order valence-electron chi connectivity index (χ4n) is 1.55. The Labute approximate surface area is 113 Å². The van der Waals surface area contributed by atoms with Crippen molar-refractivity contribution < 1.29 is 0 Å². The van der Waals surface area contributed by atoms with Crippen LogP contribution in [0, 0.1) is 0 Å². The largest absolute Gasteiger partial charge is 0.261 e. The molecule has 0 aliphatic rings. The number of hydrogen-bond acceptors (Lipinski definition) is 4. The molecule has 0 saturated heterocycles. The van der Waals surface area contributed by atoms with Crippen LogP contribution in [0.5, 0.6) is 0 Å². The summed E-state index contributed by atoms with van der Waals surface area (Å²) in [7, 11) is 0. The molecule has 1 aromatic carbocycles. The summed E-state index contributed by atoms with van der Waals surface area (Å²) in [6, 6.07) is 7.63. The minimum atomic E-state index is 0.725. The molecule has 0 aliphatic heterocycles. The van der Waals surface area contributed by atoms with Crippen LogP contribution >= 0.6 is 22.9 Å². The normalized spacial score (nSPS) is 10.5. The monoisotopic (exact) mass is 273 g/mol. The first-order valence-electron chi connectivity index (χ1n) is 5.31. The van der Waals surface area contributed by atoms with E-state index >= 15 is 0 Å². The molecule has 0 saturated carbocycles. The van der Waals surface area contributed by atoms with Gasteiger partial charge in [0.1, 0.15) is 10.7 Å². The Hall–Kier alpha value is -1.78. The zero-order valence-electron chi connectivity index (χ0n) is 9.25. The van der Waals surface area contributed by atoms with Crippen molar-refractivity contribution in [3.8, 4) is 22.0 Å². The van der Waals surface area contributed by atoms with E-state index in [1.54, 1.807) is 29.9 Å². The molecule has 18 heavy (non-hydrogen) atoms. The zero-order chi connectivity index (χ0) is 12.4. The second-order valence-electron chi connectivity index (χ2n) is 3.64. The van der Waals surface area contributed by atoms with Crippen molar-refractivity contribution in [2.45, 2.75) is 0 Å². The Kier molecular flexibility index (Phi) is 3.04. The van der Waals surface area contributed by atoms with Gasteiger partial charge in [-0.05, 0) is 12.1 Å². The van der Waals surface area contributed by atoms with Gasteiger partial charge in [-0.2, -0.15) is 0 Å². The molecule has 0 atom stereocenters. The van der Waals surface area contributed by atoms with E-state index in [0.29, 0.717) is 0 Å². The van der Waals surface area contributed by atoms with E-state index in [-0.39, 0.29) is 0 Å². The smallest absolute Gasteiger partial charge is 0.144 e. The van der Waals surface area contributed by atoms with Crippen LogP contribution in [0.4, 0.5) is 0 Å². The van der Waals surface area contributed by atoms with Crippen molar-refractivity contribution in [1.82, 2.24) is 15.0 Å². The second kappa shape index (κ2) is 4.84. The molecule has 5 heteroatoms.